The molecule has 49 heavy (non-hydrogen) atoms. The van der Waals surface area contributed by atoms with Crippen LogP contribution in [0.3, 0.4) is 0 Å². The van der Waals surface area contributed by atoms with Crippen molar-refractivity contribution in [3.63, 3.8) is 0 Å². The molecule has 0 amide bonds. The number of rotatable bonds is 38. The number of esters is 2. The smallest absolute Gasteiger partial charge is 0.306 e. The van der Waals surface area contributed by atoms with Crippen molar-refractivity contribution < 1.29 is 24.2 Å². The zero-order valence-corrected chi connectivity index (χ0v) is 33.0. The van der Waals surface area contributed by atoms with E-state index in [1.54, 1.807) is 0 Å². The van der Waals surface area contributed by atoms with E-state index < -0.39 is 0 Å². The Balaban J connectivity index is 2.11. The Labute approximate surface area is 304 Å². The standard InChI is InChI=1S/C43H83NO5/c1-4-7-10-13-16-22-29-41(30-23-17-14-11-8-5-2)49-43(47)32-25-20-27-34-44(35-36-45)33-26-19-15-18-24-31-42(46)48-38-40-37-39(40)28-21-12-9-6-3/h39-41,45H,4-38H2,1-3H3. The van der Waals surface area contributed by atoms with Crippen LogP contribution in [0.1, 0.15) is 213 Å². The van der Waals surface area contributed by atoms with Crippen LogP contribution in [-0.2, 0) is 19.1 Å². The molecular weight excluding hydrogens is 610 g/mol. The van der Waals surface area contributed by atoms with Gasteiger partial charge in [-0.1, -0.05) is 143 Å². The molecule has 1 aliphatic rings. The van der Waals surface area contributed by atoms with E-state index >= 15 is 0 Å². The number of aliphatic hydroxyl groups excluding tert-OH is 1. The first-order chi connectivity index (χ1) is 24.0. The highest BCUT2D eigenvalue weighted by Gasteiger charge is 2.37. The molecule has 290 valence electrons. The largest absolute Gasteiger partial charge is 0.465 e. The number of aliphatic hydroxyl groups is 1. The molecule has 0 aromatic carbocycles. The molecule has 1 rings (SSSR count). The molecule has 1 fully saturated rings. The van der Waals surface area contributed by atoms with Gasteiger partial charge in [0, 0.05) is 19.4 Å². The number of hydrogen-bond donors (Lipinski definition) is 1. The highest BCUT2D eigenvalue weighted by Crippen LogP contribution is 2.42. The van der Waals surface area contributed by atoms with Crippen molar-refractivity contribution in [3.05, 3.63) is 0 Å². The molecule has 0 spiro atoms. The van der Waals surface area contributed by atoms with E-state index in [1.807, 2.05) is 0 Å². The molecule has 0 heterocycles. The van der Waals surface area contributed by atoms with E-state index in [2.05, 4.69) is 25.7 Å². The van der Waals surface area contributed by atoms with E-state index in [0.29, 0.717) is 31.9 Å². The molecule has 2 unspecified atom stereocenters. The molecule has 0 bridgehead atoms. The lowest BCUT2D eigenvalue weighted by Gasteiger charge is -2.21. The van der Waals surface area contributed by atoms with Crippen LogP contribution in [-0.4, -0.2) is 60.9 Å². The van der Waals surface area contributed by atoms with Gasteiger partial charge < -0.3 is 19.5 Å². The summed E-state index contributed by atoms with van der Waals surface area (Å²) in [7, 11) is 0. The third-order valence-corrected chi connectivity index (χ3v) is 10.6. The monoisotopic (exact) mass is 694 g/mol. The van der Waals surface area contributed by atoms with Crippen LogP contribution in [0.4, 0.5) is 0 Å². The zero-order valence-electron chi connectivity index (χ0n) is 33.0. The molecule has 2 atom stereocenters. The van der Waals surface area contributed by atoms with Crippen molar-refractivity contribution >= 4 is 11.9 Å². The Bertz CT molecular complexity index is 730. The SMILES string of the molecule is CCCCCCCCC(CCCCCCCC)OC(=O)CCCCCN(CCO)CCCCCCCC(=O)OCC1CC1CCCCCC. The van der Waals surface area contributed by atoms with Gasteiger partial charge in [-0.05, 0) is 82.7 Å². The number of carbonyl (C=O) groups is 2. The van der Waals surface area contributed by atoms with Crippen LogP contribution in [0.25, 0.3) is 0 Å². The first-order valence-corrected chi connectivity index (χ1v) is 21.7. The highest BCUT2D eigenvalue weighted by molar-refractivity contribution is 5.69. The van der Waals surface area contributed by atoms with Crippen LogP contribution in [0, 0.1) is 11.8 Å². The lowest BCUT2D eigenvalue weighted by atomic mass is 10.0. The number of carbonyl (C=O) groups excluding carboxylic acids is 2. The van der Waals surface area contributed by atoms with E-state index in [4.69, 9.17) is 9.47 Å². The van der Waals surface area contributed by atoms with Crippen LogP contribution in [0.15, 0.2) is 0 Å². The fourth-order valence-electron chi connectivity index (χ4n) is 7.18. The molecule has 1 aliphatic carbocycles. The maximum Gasteiger partial charge on any atom is 0.306 e. The first kappa shape index (κ1) is 45.9. The summed E-state index contributed by atoms with van der Waals surface area (Å²) in [6.07, 6.45) is 34.8. The van der Waals surface area contributed by atoms with Gasteiger partial charge in [0.2, 0.25) is 0 Å². The van der Waals surface area contributed by atoms with Crippen molar-refractivity contribution in [2.45, 2.75) is 219 Å². The number of unbranched alkanes of at least 4 members (excludes halogenated alkanes) is 19. The van der Waals surface area contributed by atoms with Gasteiger partial charge >= 0.3 is 11.9 Å². The van der Waals surface area contributed by atoms with Crippen LogP contribution >= 0.6 is 0 Å². The Hall–Kier alpha value is -1.14. The molecule has 1 N–H and O–H groups in total. The second kappa shape index (κ2) is 34.0. The van der Waals surface area contributed by atoms with Gasteiger partial charge in [-0.2, -0.15) is 0 Å². The van der Waals surface area contributed by atoms with Gasteiger partial charge in [0.15, 0.2) is 0 Å². The summed E-state index contributed by atoms with van der Waals surface area (Å²) >= 11 is 0. The molecule has 6 heteroatoms. The Morgan fingerprint density at radius 3 is 1.61 bits per heavy atom. The van der Waals surface area contributed by atoms with Crippen molar-refractivity contribution in [3.8, 4) is 0 Å². The van der Waals surface area contributed by atoms with Gasteiger partial charge in [-0.25, -0.2) is 0 Å². The predicted octanol–water partition coefficient (Wildman–Crippen LogP) is 11.7. The summed E-state index contributed by atoms with van der Waals surface area (Å²) in [6.45, 7) is 10.3. The van der Waals surface area contributed by atoms with E-state index in [9.17, 15) is 14.7 Å². The van der Waals surface area contributed by atoms with Crippen molar-refractivity contribution in [2.24, 2.45) is 11.8 Å². The predicted molar refractivity (Wildman–Crippen MR) is 207 cm³/mol. The molecule has 0 aliphatic heterocycles. The minimum Gasteiger partial charge on any atom is -0.465 e. The van der Waals surface area contributed by atoms with E-state index in [1.165, 1.54) is 116 Å². The molecule has 1 saturated carbocycles. The van der Waals surface area contributed by atoms with Crippen molar-refractivity contribution in [1.29, 1.82) is 0 Å². The molecule has 0 aromatic heterocycles. The Kier molecular flexibility index (Phi) is 31.8. The molecule has 0 saturated heterocycles. The topological polar surface area (TPSA) is 76.1 Å². The van der Waals surface area contributed by atoms with Gasteiger partial charge in [0.1, 0.15) is 6.10 Å². The first-order valence-electron chi connectivity index (χ1n) is 21.7. The summed E-state index contributed by atoms with van der Waals surface area (Å²) in [5.74, 6) is 1.41. The summed E-state index contributed by atoms with van der Waals surface area (Å²) in [4.78, 5) is 27.2. The average Bonchev–Trinajstić information content (AvgIpc) is 3.86. The summed E-state index contributed by atoms with van der Waals surface area (Å²) in [5, 5.41) is 9.56. The molecule has 0 aromatic rings. The summed E-state index contributed by atoms with van der Waals surface area (Å²) < 4.78 is 11.6. The normalized spacial score (nSPS) is 15.7. The number of nitrogens with zero attached hydrogens (tertiary/aromatic N) is 1. The van der Waals surface area contributed by atoms with Gasteiger partial charge in [0.25, 0.3) is 0 Å². The fraction of sp³-hybridized carbons (Fsp3) is 0.953. The minimum absolute atomic E-state index is 0.00726. The van der Waals surface area contributed by atoms with Gasteiger partial charge in [-0.3, -0.25) is 9.59 Å². The quantitative estimate of drug-likeness (QED) is 0.0512. The third kappa shape index (κ3) is 29.2. The maximum atomic E-state index is 12.7. The van der Waals surface area contributed by atoms with Crippen molar-refractivity contribution in [2.75, 3.05) is 32.8 Å². The second-order valence-corrected chi connectivity index (χ2v) is 15.4. The molecule has 6 nitrogen and oxygen atoms in total. The lowest BCUT2D eigenvalue weighted by molar-refractivity contribution is -0.150. The summed E-state index contributed by atoms with van der Waals surface area (Å²) in [6, 6.07) is 0. The number of hydrogen-bond acceptors (Lipinski definition) is 6. The maximum absolute atomic E-state index is 12.7. The van der Waals surface area contributed by atoms with Crippen molar-refractivity contribution in [1.82, 2.24) is 4.90 Å². The second-order valence-electron chi connectivity index (χ2n) is 15.4. The summed E-state index contributed by atoms with van der Waals surface area (Å²) in [5.41, 5.74) is 0. The van der Waals surface area contributed by atoms with Gasteiger partial charge in [0.05, 0.1) is 13.2 Å². The molecular formula is C43H83NO5. The minimum atomic E-state index is -0.0137. The Morgan fingerprint density at radius 2 is 1.04 bits per heavy atom. The van der Waals surface area contributed by atoms with E-state index in [0.717, 1.165) is 83.2 Å². The fourth-order valence-corrected chi connectivity index (χ4v) is 7.18. The van der Waals surface area contributed by atoms with E-state index in [-0.39, 0.29) is 24.6 Å². The van der Waals surface area contributed by atoms with Crippen LogP contribution in [0.5, 0.6) is 0 Å². The highest BCUT2D eigenvalue weighted by atomic mass is 16.5. The van der Waals surface area contributed by atoms with Crippen LogP contribution < -0.4 is 0 Å². The van der Waals surface area contributed by atoms with Crippen LogP contribution in [0.2, 0.25) is 0 Å². The molecule has 0 radical (unpaired) electrons. The average molecular weight is 694 g/mol. The lowest BCUT2D eigenvalue weighted by Crippen LogP contribution is -2.29. The Morgan fingerprint density at radius 1 is 0.571 bits per heavy atom. The third-order valence-electron chi connectivity index (χ3n) is 10.6. The zero-order chi connectivity index (χ0) is 35.6. The number of ether oxygens (including phenoxy) is 2. The van der Waals surface area contributed by atoms with Gasteiger partial charge in [-0.15, -0.1) is 0 Å².